The van der Waals surface area contributed by atoms with E-state index >= 15 is 0 Å². The Bertz CT molecular complexity index is 575. The molecule has 2 aromatic rings. The molecule has 2 rings (SSSR count). The van der Waals surface area contributed by atoms with E-state index in [1.807, 2.05) is 38.1 Å². The summed E-state index contributed by atoms with van der Waals surface area (Å²) < 4.78 is 5.49. The first kappa shape index (κ1) is 14.6. The minimum atomic E-state index is 0.507. The molecule has 0 aliphatic heterocycles. The fraction of sp³-hybridized carbons (Fsp3) is 0.333. The number of nitrogens with zero attached hydrogens (tertiary/aromatic N) is 2. The van der Waals surface area contributed by atoms with Gasteiger partial charge in [0.1, 0.15) is 23.0 Å². The fourth-order valence-electron chi connectivity index (χ4n) is 1.95. The summed E-state index contributed by atoms with van der Waals surface area (Å²) in [5, 5.41) is 3.81. The minimum absolute atomic E-state index is 0.507. The van der Waals surface area contributed by atoms with E-state index in [0.717, 1.165) is 29.1 Å². The van der Waals surface area contributed by atoms with Crippen molar-refractivity contribution in [3.63, 3.8) is 0 Å². The van der Waals surface area contributed by atoms with E-state index in [0.29, 0.717) is 18.3 Å². The second-order valence-electron chi connectivity index (χ2n) is 4.28. The summed E-state index contributed by atoms with van der Waals surface area (Å²) in [4.78, 5) is 8.24. The van der Waals surface area contributed by atoms with E-state index in [-0.39, 0.29) is 0 Å². The van der Waals surface area contributed by atoms with Crippen LogP contribution < -0.4 is 10.1 Å². The largest absolute Gasteiger partial charge is 0.494 e. The molecular formula is C15H18ClN3O. The molecule has 0 fully saturated rings. The number of hydrogen-bond acceptors (Lipinski definition) is 4. The Morgan fingerprint density at radius 2 is 2.10 bits per heavy atom. The normalized spacial score (nSPS) is 10.3. The lowest BCUT2D eigenvalue weighted by molar-refractivity contribution is 0.340. The number of aromatic nitrogens is 2. The van der Waals surface area contributed by atoms with Gasteiger partial charge in [0, 0.05) is 12.1 Å². The van der Waals surface area contributed by atoms with Crippen LogP contribution in [0.5, 0.6) is 5.75 Å². The lowest BCUT2D eigenvalue weighted by Crippen LogP contribution is -2.05. The number of hydrogen-bond donors (Lipinski definition) is 1. The van der Waals surface area contributed by atoms with E-state index in [2.05, 4.69) is 15.3 Å². The highest BCUT2D eigenvalue weighted by Gasteiger charge is 2.07. The molecule has 0 saturated heterocycles. The SMILES string of the molecule is CCOc1cccc(CNc2ncnc(Cl)c2CC)c1. The molecule has 20 heavy (non-hydrogen) atoms. The van der Waals surface area contributed by atoms with Gasteiger partial charge in [0.25, 0.3) is 0 Å². The third kappa shape index (κ3) is 3.61. The summed E-state index contributed by atoms with van der Waals surface area (Å²) >= 11 is 6.07. The maximum atomic E-state index is 6.07. The molecule has 0 radical (unpaired) electrons. The zero-order chi connectivity index (χ0) is 14.4. The van der Waals surface area contributed by atoms with Crippen molar-refractivity contribution in [1.29, 1.82) is 0 Å². The zero-order valence-electron chi connectivity index (χ0n) is 11.7. The maximum absolute atomic E-state index is 6.07. The molecule has 0 aliphatic carbocycles. The zero-order valence-corrected chi connectivity index (χ0v) is 12.4. The van der Waals surface area contributed by atoms with Crippen LogP contribution in [0, 0.1) is 0 Å². The minimum Gasteiger partial charge on any atom is -0.494 e. The first-order valence-corrected chi connectivity index (χ1v) is 7.07. The van der Waals surface area contributed by atoms with Crippen molar-refractivity contribution in [3.8, 4) is 5.75 Å². The summed E-state index contributed by atoms with van der Waals surface area (Å²) in [7, 11) is 0. The quantitative estimate of drug-likeness (QED) is 0.824. The predicted molar refractivity (Wildman–Crippen MR) is 81.4 cm³/mol. The van der Waals surface area contributed by atoms with Crippen LogP contribution in [0.4, 0.5) is 5.82 Å². The Morgan fingerprint density at radius 1 is 1.25 bits per heavy atom. The van der Waals surface area contributed by atoms with Gasteiger partial charge in [-0.15, -0.1) is 0 Å². The molecule has 1 aromatic carbocycles. The van der Waals surface area contributed by atoms with Crippen molar-refractivity contribution < 1.29 is 4.74 Å². The van der Waals surface area contributed by atoms with Gasteiger partial charge >= 0.3 is 0 Å². The van der Waals surface area contributed by atoms with Gasteiger partial charge in [-0.3, -0.25) is 0 Å². The van der Waals surface area contributed by atoms with E-state index in [9.17, 15) is 0 Å². The van der Waals surface area contributed by atoms with Gasteiger partial charge in [-0.1, -0.05) is 30.7 Å². The van der Waals surface area contributed by atoms with Crippen LogP contribution in [0.2, 0.25) is 5.15 Å². The molecule has 1 heterocycles. The third-order valence-electron chi connectivity index (χ3n) is 2.92. The molecule has 0 unspecified atom stereocenters. The van der Waals surface area contributed by atoms with Crippen LogP contribution in [0.15, 0.2) is 30.6 Å². The number of benzene rings is 1. The van der Waals surface area contributed by atoms with Crippen molar-refractivity contribution in [3.05, 3.63) is 46.9 Å². The fourth-order valence-corrected chi connectivity index (χ4v) is 2.22. The molecule has 106 valence electrons. The summed E-state index contributed by atoms with van der Waals surface area (Å²) in [6.45, 7) is 5.34. The van der Waals surface area contributed by atoms with E-state index in [1.165, 1.54) is 6.33 Å². The monoisotopic (exact) mass is 291 g/mol. The predicted octanol–water partition coefficient (Wildman–Crippen LogP) is 3.70. The summed E-state index contributed by atoms with van der Waals surface area (Å²) in [6.07, 6.45) is 2.27. The van der Waals surface area contributed by atoms with Crippen LogP contribution in [0.1, 0.15) is 25.0 Å². The van der Waals surface area contributed by atoms with Gasteiger partial charge in [-0.05, 0) is 31.0 Å². The second-order valence-corrected chi connectivity index (χ2v) is 4.64. The van der Waals surface area contributed by atoms with E-state index in [4.69, 9.17) is 16.3 Å². The average molecular weight is 292 g/mol. The molecular weight excluding hydrogens is 274 g/mol. The molecule has 0 aliphatic rings. The van der Waals surface area contributed by atoms with Crippen molar-refractivity contribution in [2.24, 2.45) is 0 Å². The van der Waals surface area contributed by atoms with Gasteiger partial charge in [0.2, 0.25) is 0 Å². The number of ether oxygens (including phenoxy) is 1. The highest BCUT2D eigenvalue weighted by molar-refractivity contribution is 6.30. The second kappa shape index (κ2) is 7.10. The van der Waals surface area contributed by atoms with Gasteiger partial charge in [0.15, 0.2) is 0 Å². The highest BCUT2D eigenvalue weighted by Crippen LogP contribution is 2.21. The summed E-state index contributed by atoms with van der Waals surface area (Å²) in [6, 6.07) is 8.00. The lowest BCUT2D eigenvalue weighted by atomic mass is 10.2. The Labute approximate surface area is 124 Å². The molecule has 0 bridgehead atoms. The van der Waals surface area contributed by atoms with Crippen molar-refractivity contribution in [2.75, 3.05) is 11.9 Å². The molecule has 0 spiro atoms. The summed E-state index contributed by atoms with van der Waals surface area (Å²) in [5.74, 6) is 1.66. The Morgan fingerprint density at radius 3 is 2.85 bits per heavy atom. The topological polar surface area (TPSA) is 47.0 Å². The van der Waals surface area contributed by atoms with Crippen LogP contribution >= 0.6 is 11.6 Å². The van der Waals surface area contributed by atoms with Crippen LogP contribution in [-0.4, -0.2) is 16.6 Å². The smallest absolute Gasteiger partial charge is 0.137 e. The van der Waals surface area contributed by atoms with Crippen LogP contribution in [0.25, 0.3) is 0 Å². The standard InChI is InChI=1S/C15H18ClN3O/c1-3-13-14(16)18-10-19-15(13)17-9-11-6-5-7-12(8-11)20-4-2/h5-8,10H,3-4,9H2,1-2H3,(H,17,18,19). The molecule has 0 amide bonds. The number of rotatable bonds is 6. The molecule has 4 nitrogen and oxygen atoms in total. The molecule has 1 N–H and O–H groups in total. The van der Waals surface area contributed by atoms with Gasteiger partial charge in [-0.25, -0.2) is 9.97 Å². The summed E-state index contributed by atoms with van der Waals surface area (Å²) in [5.41, 5.74) is 2.07. The van der Waals surface area contributed by atoms with Gasteiger partial charge in [0.05, 0.1) is 6.61 Å². The molecule has 5 heteroatoms. The first-order valence-electron chi connectivity index (χ1n) is 6.69. The first-order chi connectivity index (χ1) is 9.74. The third-order valence-corrected chi connectivity index (χ3v) is 3.24. The van der Waals surface area contributed by atoms with Gasteiger partial charge < -0.3 is 10.1 Å². The van der Waals surface area contributed by atoms with Crippen molar-refractivity contribution >= 4 is 17.4 Å². The van der Waals surface area contributed by atoms with E-state index in [1.54, 1.807) is 0 Å². The Hall–Kier alpha value is -1.81. The molecule has 1 aromatic heterocycles. The number of halogens is 1. The van der Waals surface area contributed by atoms with E-state index < -0.39 is 0 Å². The van der Waals surface area contributed by atoms with Crippen LogP contribution in [-0.2, 0) is 13.0 Å². The molecule has 0 saturated carbocycles. The number of anilines is 1. The Balaban J connectivity index is 2.09. The van der Waals surface area contributed by atoms with Crippen molar-refractivity contribution in [2.45, 2.75) is 26.8 Å². The average Bonchev–Trinajstić information content (AvgIpc) is 2.46. The lowest BCUT2D eigenvalue weighted by Gasteiger charge is -2.11. The highest BCUT2D eigenvalue weighted by atomic mass is 35.5. The maximum Gasteiger partial charge on any atom is 0.137 e. The van der Waals surface area contributed by atoms with Crippen LogP contribution in [0.3, 0.4) is 0 Å². The molecule has 0 atom stereocenters. The number of nitrogens with one attached hydrogen (secondary N) is 1. The van der Waals surface area contributed by atoms with Crippen molar-refractivity contribution in [1.82, 2.24) is 9.97 Å². The Kier molecular flexibility index (Phi) is 5.18. The van der Waals surface area contributed by atoms with Gasteiger partial charge in [-0.2, -0.15) is 0 Å².